The van der Waals surface area contributed by atoms with Crippen LogP contribution in [0, 0.1) is 0 Å². The lowest BCUT2D eigenvalue weighted by Gasteiger charge is -2.13. The molecule has 0 aliphatic rings. The van der Waals surface area contributed by atoms with E-state index in [0.29, 0.717) is 30.3 Å². The number of hydrogen-bond donors (Lipinski definition) is 1. The van der Waals surface area contributed by atoms with Crippen LogP contribution in [-0.4, -0.2) is 33.2 Å². The third kappa shape index (κ3) is 3.71. The number of rotatable bonds is 6. The van der Waals surface area contributed by atoms with Crippen LogP contribution >= 0.6 is 0 Å². The molecule has 9 nitrogen and oxygen atoms in total. The number of anilines is 1. The number of carbonyl (C=O) groups excluding carboxylic acids is 1. The molecule has 29 heavy (non-hydrogen) atoms. The van der Waals surface area contributed by atoms with E-state index in [1.54, 1.807) is 18.2 Å². The minimum atomic E-state index is -0.534. The highest BCUT2D eigenvalue weighted by atomic mass is 16.5. The van der Waals surface area contributed by atoms with Crippen LogP contribution in [0.15, 0.2) is 40.1 Å². The minimum Gasteiger partial charge on any atom is -0.490 e. The standard InChI is InChI=1S/C20H22N4O5/c1-5-28-14-8-7-12(11-15(14)29-6-2)18(25)22-13-9-10-21-17-16(13)19(26)24(4)20(27)23(17)3/h7-11H,5-6H2,1-4H3,(H,21,22,25). The van der Waals surface area contributed by atoms with Crippen molar-refractivity contribution in [2.45, 2.75) is 13.8 Å². The summed E-state index contributed by atoms with van der Waals surface area (Å²) in [6.07, 6.45) is 1.43. The van der Waals surface area contributed by atoms with E-state index in [2.05, 4.69) is 10.3 Å². The van der Waals surface area contributed by atoms with E-state index in [0.717, 1.165) is 4.57 Å². The van der Waals surface area contributed by atoms with Crippen LogP contribution in [0.4, 0.5) is 5.69 Å². The van der Waals surface area contributed by atoms with Crippen molar-refractivity contribution in [2.24, 2.45) is 14.1 Å². The number of fused-ring (bicyclic) bond motifs is 1. The predicted octanol–water partition coefficient (Wildman–Crippen LogP) is 1.68. The fourth-order valence-corrected chi connectivity index (χ4v) is 2.98. The van der Waals surface area contributed by atoms with Gasteiger partial charge in [-0.05, 0) is 38.1 Å². The average molecular weight is 398 g/mol. The Labute approximate surface area is 166 Å². The van der Waals surface area contributed by atoms with E-state index in [-0.39, 0.29) is 16.7 Å². The molecule has 1 N–H and O–H groups in total. The van der Waals surface area contributed by atoms with E-state index in [4.69, 9.17) is 9.47 Å². The van der Waals surface area contributed by atoms with E-state index in [9.17, 15) is 14.4 Å². The Morgan fingerprint density at radius 3 is 2.41 bits per heavy atom. The van der Waals surface area contributed by atoms with Crippen LogP contribution in [0.1, 0.15) is 24.2 Å². The maximum Gasteiger partial charge on any atom is 0.332 e. The van der Waals surface area contributed by atoms with Gasteiger partial charge in [0.1, 0.15) is 5.39 Å². The van der Waals surface area contributed by atoms with Crippen molar-refractivity contribution in [1.29, 1.82) is 0 Å². The summed E-state index contributed by atoms with van der Waals surface area (Å²) in [6.45, 7) is 4.59. The molecule has 0 aliphatic heterocycles. The SMILES string of the molecule is CCOc1ccc(C(=O)Nc2ccnc3c2c(=O)n(C)c(=O)n3C)cc1OCC. The van der Waals surface area contributed by atoms with Gasteiger partial charge in [0.2, 0.25) is 0 Å². The highest BCUT2D eigenvalue weighted by molar-refractivity contribution is 6.08. The predicted molar refractivity (Wildman–Crippen MR) is 109 cm³/mol. The second kappa shape index (κ2) is 8.17. The summed E-state index contributed by atoms with van der Waals surface area (Å²) in [5.74, 6) is 0.571. The van der Waals surface area contributed by atoms with Gasteiger partial charge in [0.25, 0.3) is 11.5 Å². The molecule has 0 spiro atoms. The second-order valence-corrected chi connectivity index (χ2v) is 6.24. The molecule has 0 atom stereocenters. The Hall–Kier alpha value is -3.62. The van der Waals surface area contributed by atoms with Gasteiger partial charge in [-0.1, -0.05) is 0 Å². The lowest BCUT2D eigenvalue weighted by molar-refractivity contribution is 0.102. The third-order valence-electron chi connectivity index (χ3n) is 4.39. The molecular weight excluding hydrogens is 376 g/mol. The lowest BCUT2D eigenvalue weighted by Crippen LogP contribution is -2.37. The third-order valence-corrected chi connectivity index (χ3v) is 4.39. The van der Waals surface area contributed by atoms with Crippen molar-refractivity contribution in [1.82, 2.24) is 14.1 Å². The topological polar surface area (TPSA) is 104 Å². The Morgan fingerprint density at radius 2 is 1.72 bits per heavy atom. The number of pyridine rings is 1. The molecule has 0 fully saturated rings. The molecule has 2 aromatic heterocycles. The molecule has 0 aliphatic carbocycles. The quantitative estimate of drug-likeness (QED) is 0.677. The van der Waals surface area contributed by atoms with Gasteiger partial charge in [-0.25, -0.2) is 9.78 Å². The molecule has 3 rings (SSSR count). The first-order chi connectivity index (χ1) is 13.9. The van der Waals surface area contributed by atoms with E-state index in [1.165, 1.54) is 30.9 Å². The molecule has 1 aromatic carbocycles. The molecule has 3 aromatic rings. The highest BCUT2D eigenvalue weighted by Crippen LogP contribution is 2.29. The van der Waals surface area contributed by atoms with Gasteiger partial charge in [0.15, 0.2) is 17.1 Å². The van der Waals surface area contributed by atoms with Gasteiger partial charge < -0.3 is 14.8 Å². The summed E-state index contributed by atoms with van der Waals surface area (Å²) in [7, 11) is 2.90. The number of nitrogens with zero attached hydrogens (tertiary/aromatic N) is 3. The maximum absolute atomic E-state index is 12.8. The zero-order valence-electron chi connectivity index (χ0n) is 16.7. The van der Waals surface area contributed by atoms with Crippen LogP contribution in [0.25, 0.3) is 11.0 Å². The Kier molecular flexibility index (Phi) is 5.67. The number of carbonyl (C=O) groups is 1. The second-order valence-electron chi connectivity index (χ2n) is 6.24. The number of benzene rings is 1. The number of amides is 1. The summed E-state index contributed by atoms with van der Waals surface area (Å²) in [5.41, 5.74) is -0.233. The Bertz CT molecular complexity index is 1200. The fourth-order valence-electron chi connectivity index (χ4n) is 2.98. The van der Waals surface area contributed by atoms with Crippen molar-refractivity contribution in [3.8, 4) is 11.5 Å². The molecule has 152 valence electrons. The van der Waals surface area contributed by atoms with E-state index >= 15 is 0 Å². The summed E-state index contributed by atoms with van der Waals surface area (Å²) in [5, 5.41) is 2.89. The van der Waals surface area contributed by atoms with Crippen LogP contribution in [-0.2, 0) is 14.1 Å². The lowest BCUT2D eigenvalue weighted by atomic mass is 10.1. The first-order valence-corrected chi connectivity index (χ1v) is 9.14. The van der Waals surface area contributed by atoms with Crippen molar-refractivity contribution in [2.75, 3.05) is 18.5 Å². The smallest absolute Gasteiger partial charge is 0.332 e. The first kappa shape index (κ1) is 20.1. The molecule has 0 saturated heterocycles. The molecular formula is C20H22N4O5. The number of aryl methyl sites for hydroxylation is 1. The molecule has 0 bridgehead atoms. The molecule has 1 amide bonds. The maximum atomic E-state index is 12.8. The monoisotopic (exact) mass is 398 g/mol. The Balaban J connectivity index is 2.04. The normalized spacial score (nSPS) is 10.8. The van der Waals surface area contributed by atoms with Gasteiger partial charge in [-0.3, -0.25) is 18.7 Å². The number of nitrogens with one attached hydrogen (secondary N) is 1. The number of aromatic nitrogens is 3. The number of hydrogen-bond acceptors (Lipinski definition) is 6. The average Bonchev–Trinajstić information content (AvgIpc) is 2.72. The van der Waals surface area contributed by atoms with Gasteiger partial charge >= 0.3 is 5.69 Å². The van der Waals surface area contributed by atoms with E-state index < -0.39 is 17.2 Å². The van der Waals surface area contributed by atoms with Crippen LogP contribution < -0.4 is 26.0 Å². The fraction of sp³-hybridized carbons (Fsp3) is 0.300. The van der Waals surface area contributed by atoms with Crippen molar-refractivity contribution < 1.29 is 14.3 Å². The summed E-state index contributed by atoms with van der Waals surface area (Å²) < 4.78 is 13.3. The van der Waals surface area contributed by atoms with Crippen molar-refractivity contribution in [3.05, 3.63) is 56.9 Å². The zero-order valence-corrected chi connectivity index (χ0v) is 16.7. The first-order valence-electron chi connectivity index (χ1n) is 9.14. The highest BCUT2D eigenvalue weighted by Gasteiger charge is 2.17. The zero-order chi connectivity index (χ0) is 21.1. The molecule has 0 radical (unpaired) electrons. The van der Waals surface area contributed by atoms with Crippen LogP contribution in [0.3, 0.4) is 0 Å². The van der Waals surface area contributed by atoms with Crippen molar-refractivity contribution in [3.63, 3.8) is 0 Å². The Morgan fingerprint density at radius 1 is 1.03 bits per heavy atom. The van der Waals surface area contributed by atoms with Gasteiger partial charge in [-0.15, -0.1) is 0 Å². The van der Waals surface area contributed by atoms with Gasteiger partial charge in [0, 0.05) is 25.9 Å². The minimum absolute atomic E-state index is 0.154. The summed E-state index contributed by atoms with van der Waals surface area (Å²) >= 11 is 0. The van der Waals surface area contributed by atoms with Gasteiger partial charge in [-0.2, -0.15) is 0 Å². The summed E-state index contributed by atoms with van der Waals surface area (Å²) in [6, 6.07) is 6.38. The van der Waals surface area contributed by atoms with Crippen LogP contribution in [0.5, 0.6) is 11.5 Å². The summed E-state index contributed by atoms with van der Waals surface area (Å²) in [4.78, 5) is 41.7. The van der Waals surface area contributed by atoms with E-state index in [1.807, 2.05) is 13.8 Å². The van der Waals surface area contributed by atoms with Crippen molar-refractivity contribution >= 4 is 22.6 Å². The van der Waals surface area contributed by atoms with Gasteiger partial charge in [0.05, 0.1) is 18.9 Å². The van der Waals surface area contributed by atoms with Crippen LogP contribution in [0.2, 0.25) is 0 Å². The molecule has 2 heterocycles. The largest absolute Gasteiger partial charge is 0.490 e. The molecule has 0 unspecified atom stereocenters. The number of ether oxygens (including phenoxy) is 2. The molecule has 9 heteroatoms. The molecule has 0 saturated carbocycles.